The van der Waals surface area contributed by atoms with Crippen molar-refractivity contribution in [3.8, 4) is 0 Å². The molecular weight excluding hydrogens is 452 g/mol. The molecule has 1 N–H and O–H groups in total. The molecule has 1 unspecified atom stereocenters. The van der Waals surface area contributed by atoms with Gasteiger partial charge >= 0.3 is 0 Å². The van der Waals surface area contributed by atoms with E-state index in [0.717, 1.165) is 33.0 Å². The average molecular weight is 477 g/mol. The Bertz CT molecular complexity index is 1680. The monoisotopic (exact) mass is 476 g/mol. The fraction of sp³-hybridized carbons (Fsp3) is 0.133. The van der Waals surface area contributed by atoms with Crippen LogP contribution in [0.15, 0.2) is 94.7 Å². The fourth-order valence-electron chi connectivity index (χ4n) is 5.30. The van der Waals surface area contributed by atoms with Gasteiger partial charge in [0.2, 0.25) is 5.78 Å². The molecule has 36 heavy (non-hydrogen) atoms. The number of aliphatic hydroxyl groups is 1. The lowest BCUT2D eigenvalue weighted by molar-refractivity contribution is -0.117. The summed E-state index contributed by atoms with van der Waals surface area (Å²) in [6, 6.07) is 21.8. The standard InChI is InChI=1S/C30H24N2O4/c1-17-12-18(2)14-20(13-17)32-27(22-16-31(3)23-10-6-5-9-21(22)23)26(29(34)30(32)35)28(33)25-15-19-8-4-7-11-24(19)36-25/h4-16,27,34H,1-3H3. The maximum atomic E-state index is 13.9. The minimum absolute atomic E-state index is 0.00886. The Balaban J connectivity index is 1.59. The highest BCUT2D eigenvalue weighted by Crippen LogP contribution is 2.45. The number of anilines is 1. The minimum Gasteiger partial charge on any atom is -0.503 e. The van der Waals surface area contributed by atoms with Gasteiger partial charge in [-0.25, -0.2) is 0 Å². The summed E-state index contributed by atoms with van der Waals surface area (Å²) in [4.78, 5) is 29.0. The highest BCUT2D eigenvalue weighted by molar-refractivity contribution is 6.21. The molecule has 0 aliphatic carbocycles. The molecule has 0 saturated carbocycles. The maximum Gasteiger partial charge on any atom is 0.294 e. The van der Waals surface area contributed by atoms with Gasteiger partial charge < -0.3 is 14.1 Å². The van der Waals surface area contributed by atoms with Crippen LogP contribution in [-0.2, 0) is 11.8 Å². The predicted molar refractivity (Wildman–Crippen MR) is 139 cm³/mol. The smallest absolute Gasteiger partial charge is 0.294 e. The van der Waals surface area contributed by atoms with E-state index in [-0.39, 0.29) is 11.3 Å². The van der Waals surface area contributed by atoms with E-state index < -0.39 is 23.5 Å². The molecule has 2 aromatic heterocycles. The third-order valence-electron chi connectivity index (χ3n) is 6.81. The summed E-state index contributed by atoms with van der Waals surface area (Å²) >= 11 is 0. The Morgan fingerprint density at radius 2 is 1.64 bits per heavy atom. The number of carbonyl (C=O) groups excluding carboxylic acids is 2. The van der Waals surface area contributed by atoms with Gasteiger partial charge in [-0.2, -0.15) is 0 Å². The number of amides is 1. The van der Waals surface area contributed by atoms with Gasteiger partial charge in [-0.3, -0.25) is 14.5 Å². The second kappa shape index (κ2) is 7.99. The van der Waals surface area contributed by atoms with E-state index in [2.05, 4.69) is 0 Å². The highest BCUT2D eigenvalue weighted by atomic mass is 16.3. The van der Waals surface area contributed by atoms with E-state index >= 15 is 0 Å². The first-order valence-corrected chi connectivity index (χ1v) is 11.8. The van der Waals surface area contributed by atoms with Crippen LogP contribution in [0.2, 0.25) is 0 Å². The van der Waals surface area contributed by atoms with Crippen LogP contribution in [0.25, 0.3) is 21.9 Å². The van der Waals surface area contributed by atoms with Crippen LogP contribution in [-0.4, -0.2) is 21.4 Å². The van der Waals surface area contributed by atoms with E-state index in [1.54, 1.807) is 12.1 Å². The highest BCUT2D eigenvalue weighted by Gasteiger charge is 2.46. The van der Waals surface area contributed by atoms with Crippen LogP contribution in [0.5, 0.6) is 0 Å². The third-order valence-corrected chi connectivity index (χ3v) is 6.81. The van der Waals surface area contributed by atoms with E-state index in [0.29, 0.717) is 11.3 Å². The second-order valence-corrected chi connectivity index (χ2v) is 9.38. The van der Waals surface area contributed by atoms with Gasteiger partial charge in [-0.05, 0) is 55.3 Å². The molecular formula is C30H24N2O4. The zero-order chi connectivity index (χ0) is 25.1. The second-order valence-electron chi connectivity index (χ2n) is 9.38. The first-order chi connectivity index (χ1) is 17.3. The molecule has 1 atom stereocenters. The molecule has 1 aliphatic rings. The van der Waals surface area contributed by atoms with Crippen LogP contribution >= 0.6 is 0 Å². The molecule has 0 radical (unpaired) electrons. The molecule has 1 aliphatic heterocycles. The number of para-hydroxylation sites is 2. The SMILES string of the molecule is Cc1cc(C)cc(N2C(=O)C(O)=C(C(=O)c3cc4ccccc4o3)C2c2cn(C)c3ccccc23)c1. The molecule has 3 aromatic carbocycles. The lowest BCUT2D eigenvalue weighted by Crippen LogP contribution is -2.31. The summed E-state index contributed by atoms with van der Waals surface area (Å²) in [6.07, 6.45) is 1.92. The first kappa shape index (κ1) is 21.9. The summed E-state index contributed by atoms with van der Waals surface area (Å²) in [6.45, 7) is 3.91. The number of benzene rings is 3. The Morgan fingerprint density at radius 3 is 2.39 bits per heavy atom. The van der Waals surface area contributed by atoms with Crippen molar-refractivity contribution in [3.05, 3.63) is 113 Å². The fourth-order valence-corrected chi connectivity index (χ4v) is 5.30. The van der Waals surface area contributed by atoms with Crippen molar-refractivity contribution in [1.29, 1.82) is 0 Å². The van der Waals surface area contributed by atoms with Crippen molar-refractivity contribution in [1.82, 2.24) is 4.57 Å². The normalized spacial score (nSPS) is 16.0. The van der Waals surface area contributed by atoms with Crippen molar-refractivity contribution < 1.29 is 19.1 Å². The zero-order valence-corrected chi connectivity index (χ0v) is 20.1. The van der Waals surface area contributed by atoms with Gasteiger partial charge in [0, 0.05) is 40.8 Å². The molecule has 0 fully saturated rings. The van der Waals surface area contributed by atoms with Crippen LogP contribution in [0, 0.1) is 13.8 Å². The lowest BCUT2D eigenvalue weighted by atomic mass is 9.94. The van der Waals surface area contributed by atoms with Crippen molar-refractivity contribution in [3.63, 3.8) is 0 Å². The van der Waals surface area contributed by atoms with Crippen molar-refractivity contribution >= 4 is 39.2 Å². The number of hydrogen-bond donors (Lipinski definition) is 1. The van der Waals surface area contributed by atoms with Crippen molar-refractivity contribution in [2.24, 2.45) is 7.05 Å². The van der Waals surface area contributed by atoms with Gasteiger partial charge in [0.05, 0.1) is 11.6 Å². The Kier molecular flexibility index (Phi) is 4.86. The zero-order valence-electron chi connectivity index (χ0n) is 20.1. The molecule has 0 saturated heterocycles. The molecule has 1 amide bonds. The molecule has 6 nitrogen and oxygen atoms in total. The van der Waals surface area contributed by atoms with Crippen LogP contribution in [0.1, 0.15) is 33.3 Å². The van der Waals surface area contributed by atoms with Crippen molar-refractivity contribution in [2.75, 3.05) is 4.90 Å². The number of hydrogen-bond acceptors (Lipinski definition) is 4. The Hall–Kier alpha value is -4.58. The summed E-state index contributed by atoms with van der Waals surface area (Å²) in [5.41, 5.74) is 4.87. The van der Waals surface area contributed by atoms with E-state index in [9.17, 15) is 14.7 Å². The van der Waals surface area contributed by atoms with E-state index in [1.165, 1.54) is 4.90 Å². The van der Waals surface area contributed by atoms with Gasteiger partial charge in [0.1, 0.15) is 5.58 Å². The molecule has 6 heteroatoms. The van der Waals surface area contributed by atoms with E-state index in [1.807, 2.05) is 92.3 Å². The number of ketones is 1. The number of fused-ring (bicyclic) bond motifs is 2. The molecule has 178 valence electrons. The minimum atomic E-state index is -0.828. The topological polar surface area (TPSA) is 75.7 Å². The van der Waals surface area contributed by atoms with Gasteiger partial charge in [-0.15, -0.1) is 0 Å². The lowest BCUT2D eigenvalue weighted by Gasteiger charge is -2.27. The van der Waals surface area contributed by atoms with Crippen LogP contribution in [0.4, 0.5) is 5.69 Å². The number of furan rings is 1. The average Bonchev–Trinajstić information content (AvgIpc) is 3.51. The van der Waals surface area contributed by atoms with Crippen molar-refractivity contribution in [2.45, 2.75) is 19.9 Å². The molecule has 5 aromatic rings. The number of aromatic nitrogens is 1. The summed E-state index contributed by atoms with van der Waals surface area (Å²) in [7, 11) is 1.92. The number of Topliss-reactive ketones (excluding diaryl/α,β-unsaturated/α-hetero) is 1. The number of aryl methyl sites for hydroxylation is 3. The van der Waals surface area contributed by atoms with Crippen LogP contribution < -0.4 is 4.90 Å². The summed E-state index contributed by atoms with van der Waals surface area (Å²) in [5, 5.41) is 12.8. The Morgan fingerprint density at radius 1 is 0.944 bits per heavy atom. The predicted octanol–water partition coefficient (Wildman–Crippen LogP) is 6.32. The summed E-state index contributed by atoms with van der Waals surface area (Å²) < 4.78 is 7.82. The Labute approximate surface area is 207 Å². The maximum absolute atomic E-state index is 13.9. The molecule has 0 spiro atoms. The molecule has 6 rings (SSSR count). The third kappa shape index (κ3) is 3.26. The number of rotatable bonds is 4. The first-order valence-electron chi connectivity index (χ1n) is 11.8. The van der Waals surface area contributed by atoms with Gasteiger partial charge in [0.15, 0.2) is 11.5 Å². The number of nitrogens with zero attached hydrogens (tertiary/aromatic N) is 2. The van der Waals surface area contributed by atoms with Crippen LogP contribution in [0.3, 0.4) is 0 Å². The molecule has 3 heterocycles. The van der Waals surface area contributed by atoms with Gasteiger partial charge in [-0.1, -0.05) is 42.5 Å². The number of carbonyl (C=O) groups is 2. The van der Waals surface area contributed by atoms with E-state index in [4.69, 9.17) is 4.42 Å². The molecule has 0 bridgehead atoms. The number of aliphatic hydroxyl groups excluding tert-OH is 1. The quantitative estimate of drug-likeness (QED) is 0.308. The largest absolute Gasteiger partial charge is 0.503 e. The summed E-state index contributed by atoms with van der Waals surface area (Å²) in [5.74, 6) is -1.60. The van der Waals surface area contributed by atoms with Gasteiger partial charge in [0.25, 0.3) is 5.91 Å².